The molecule has 0 aliphatic rings. The topological polar surface area (TPSA) is 99.1 Å². The van der Waals surface area contributed by atoms with Crippen LogP contribution in [0.3, 0.4) is 0 Å². The fraction of sp³-hybridized carbons (Fsp3) is 0.629. The predicted octanol–water partition coefficient (Wildman–Crippen LogP) is 7.12. The summed E-state index contributed by atoms with van der Waals surface area (Å²) < 4.78 is 16.8. The Morgan fingerprint density at radius 2 is 1.26 bits per heavy atom. The largest absolute Gasteiger partial charge is 0.477 e. The maximum absolute atomic E-state index is 12.4. The molecule has 0 saturated carbocycles. The van der Waals surface area contributed by atoms with Crippen molar-refractivity contribution < 1.29 is 38.2 Å². The molecule has 8 nitrogen and oxygen atoms in total. The second-order valence-corrected chi connectivity index (χ2v) is 11.3. The molecule has 0 spiro atoms. The van der Waals surface area contributed by atoms with E-state index in [1.807, 2.05) is 28.1 Å². The van der Waals surface area contributed by atoms with E-state index in [2.05, 4.69) is 67.7 Å². The zero-order valence-electron chi connectivity index (χ0n) is 27.4. The maximum Gasteiger partial charge on any atom is 0.362 e. The molecule has 2 atom stereocenters. The predicted molar refractivity (Wildman–Crippen MR) is 174 cm³/mol. The van der Waals surface area contributed by atoms with Crippen LogP contribution in [0.1, 0.15) is 90.9 Å². The second kappa shape index (κ2) is 26.6. The van der Waals surface area contributed by atoms with Crippen LogP contribution in [0.4, 0.5) is 0 Å². The van der Waals surface area contributed by atoms with Gasteiger partial charge in [-0.15, -0.1) is 0 Å². The molecule has 1 N–H and O–H groups in total. The van der Waals surface area contributed by atoms with Gasteiger partial charge in [-0.1, -0.05) is 81.0 Å². The molecular weight excluding hydrogens is 546 g/mol. The van der Waals surface area contributed by atoms with Gasteiger partial charge in [0.1, 0.15) is 6.61 Å². The first-order valence-corrected chi connectivity index (χ1v) is 15.8. The van der Waals surface area contributed by atoms with E-state index < -0.39 is 18.1 Å². The first-order chi connectivity index (χ1) is 20.6. The smallest absolute Gasteiger partial charge is 0.362 e. The molecule has 2 unspecified atom stereocenters. The molecular formula is C35H58NO7+. The number of carboxylic acids is 1. The van der Waals surface area contributed by atoms with Crippen molar-refractivity contribution in [2.24, 2.45) is 0 Å². The number of esters is 2. The normalized spacial score (nSPS) is 14.0. The Hall–Kier alpha value is -2.97. The Morgan fingerprint density at radius 1 is 0.721 bits per heavy atom. The minimum atomic E-state index is -0.892. The number of carbonyl (C=O) groups is 3. The number of carbonyl (C=O) groups excluding carboxylic acids is 2. The molecule has 43 heavy (non-hydrogen) atoms. The summed E-state index contributed by atoms with van der Waals surface area (Å²) in [6.45, 7) is 4.27. The first-order valence-electron chi connectivity index (χ1n) is 15.8. The van der Waals surface area contributed by atoms with E-state index in [-0.39, 0.29) is 42.7 Å². The molecule has 0 radical (unpaired) electrons. The summed E-state index contributed by atoms with van der Waals surface area (Å²) in [6.07, 6.45) is 29.5. The molecule has 0 aromatic rings. The summed E-state index contributed by atoms with van der Waals surface area (Å²) in [6, 6.07) is -0.621. The number of allylic oxidation sites excluding steroid dienone is 10. The highest BCUT2D eigenvalue weighted by molar-refractivity contribution is 5.72. The highest BCUT2D eigenvalue weighted by atomic mass is 16.6. The van der Waals surface area contributed by atoms with Gasteiger partial charge in [0.25, 0.3) is 0 Å². The van der Waals surface area contributed by atoms with Crippen LogP contribution in [-0.2, 0) is 28.6 Å². The number of rotatable bonds is 26. The van der Waals surface area contributed by atoms with Gasteiger partial charge in [-0.3, -0.25) is 9.59 Å². The van der Waals surface area contributed by atoms with Gasteiger partial charge in [0, 0.05) is 19.3 Å². The lowest BCUT2D eigenvalue weighted by Crippen LogP contribution is -2.50. The Labute approximate surface area is 260 Å². The van der Waals surface area contributed by atoms with Gasteiger partial charge < -0.3 is 23.8 Å². The number of unbranched alkanes of at least 4 members (excludes halogenated alkanes) is 2. The van der Waals surface area contributed by atoms with Gasteiger partial charge in [-0.2, -0.15) is 0 Å². The van der Waals surface area contributed by atoms with E-state index in [1.54, 1.807) is 0 Å². The van der Waals surface area contributed by atoms with Crippen LogP contribution in [0.25, 0.3) is 0 Å². The number of aliphatic carboxylic acids is 1. The van der Waals surface area contributed by atoms with Gasteiger partial charge in [0.05, 0.1) is 34.4 Å². The van der Waals surface area contributed by atoms with Crippen molar-refractivity contribution in [2.75, 3.05) is 41.0 Å². The third kappa shape index (κ3) is 25.3. The van der Waals surface area contributed by atoms with E-state index in [1.165, 1.54) is 0 Å². The summed E-state index contributed by atoms with van der Waals surface area (Å²) in [5, 5.41) is 9.48. The van der Waals surface area contributed by atoms with Crippen molar-refractivity contribution >= 4 is 17.9 Å². The number of likely N-dealkylation sites (N-methyl/N-ethyl adjacent to an activating group) is 1. The first kappa shape index (κ1) is 40.0. The van der Waals surface area contributed by atoms with Gasteiger partial charge in [-0.25, -0.2) is 4.79 Å². The highest BCUT2D eigenvalue weighted by Crippen LogP contribution is 2.10. The van der Waals surface area contributed by atoms with E-state index in [9.17, 15) is 19.5 Å². The van der Waals surface area contributed by atoms with Crippen molar-refractivity contribution in [1.82, 2.24) is 0 Å². The van der Waals surface area contributed by atoms with Crippen LogP contribution >= 0.6 is 0 Å². The van der Waals surface area contributed by atoms with Crippen molar-refractivity contribution in [2.45, 2.75) is 103 Å². The van der Waals surface area contributed by atoms with E-state index >= 15 is 0 Å². The number of quaternary nitrogens is 1. The zero-order valence-corrected chi connectivity index (χ0v) is 27.4. The molecule has 0 heterocycles. The molecule has 8 heteroatoms. The minimum Gasteiger partial charge on any atom is -0.477 e. The van der Waals surface area contributed by atoms with Gasteiger partial charge >= 0.3 is 17.9 Å². The number of carboxylic acid groups (broad SMARTS) is 1. The lowest BCUT2D eigenvalue weighted by molar-refractivity contribution is -0.887. The van der Waals surface area contributed by atoms with Crippen molar-refractivity contribution in [3.63, 3.8) is 0 Å². The molecule has 0 amide bonds. The lowest BCUT2D eigenvalue weighted by atomic mass is 10.1. The average molecular weight is 605 g/mol. The average Bonchev–Trinajstić information content (AvgIpc) is 2.95. The lowest BCUT2D eigenvalue weighted by Gasteiger charge is -2.31. The van der Waals surface area contributed by atoms with Crippen LogP contribution in [0.2, 0.25) is 0 Å². The zero-order chi connectivity index (χ0) is 32.2. The Bertz CT molecular complexity index is 896. The fourth-order valence-electron chi connectivity index (χ4n) is 3.92. The molecule has 0 saturated heterocycles. The number of ether oxygens (including phenoxy) is 3. The quantitative estimate of drug-likeness (QED) is 0.0486. The van der Waals surface area contributed by atoms with Gasteiger partial charge in [-0.05, 0) is 51.4 Å². The molecule has 0 aliphatic heterocycles. The third-order valence-electron chi connectivity index (χ3n) is 6.43. The Morgan fingerprint density at radius 3 is 1.77 bits per heavy atom. The summed E-state index contributed by atoms with van der Waals surface area (Å²) >= 11 is 0. The molecule has 0 aromatic carbocycles. The molecule has 0 aliphatic carbocycles. The maximum atomic E-state index is 12.4. The molecule has 0 fully saturated rings. The molecule has 244 valence electrons. The fourth-order valence-corrected chi connectivity index (χ4v) is 3.92. The summed E-state index contributed by atoms with van der Waals surface area (Å²) in [7, 11) is 5.45. The van der Waals surface area contributed by atoms with Crippen molar-refractivity contribution in [3.05, 3.63) is 60.8 Å². The SMILES string of the molecule is CC/C=C\C/C=C\C/C=C\C/C=C\C/C=C\CCCC(=O)OC(COCCC(C(=O)O)[N+](C)(C)C)COC(=O)CCCC. The Kier molecular flexibility index (Phi) is 24.8. The summed E-state index contributed by atoms with van der Waals surface area (Å²) in [5.41, 5.74) is 0. The van der Waals surface area contributed by atoms with E-state index in [4.69, 9.17) is 14.2 Å². The second-order valence-electron chi connectivity index (χ2n) is 11.3. The summed E-state index contributed by atoms with van der Waals surface area (Å²) in [4.78, 5) is 36.0. The van der Waals surface area contributed by atoms with Crippen molar-refractivity contribution in [3.8, 4) is 0 Å². The van der Waals surface area contributed by atoms with Gasteiger partial charge in [0.2, 0.25) is 0 Å². The number of hydrogen-bond acceptors (Lipinski definition) is 6. The standard InChI is InChI=1S/C35H57NO7/c1-6-8-10-11-12-13-14-15-16-17-18-19-20-21-22-23-24-26-34(38)43-31(30-42-33(37)25-9-7-2)29-41-28-27-32(35(39)40)36(3,4)5/h8,10,12-13,15-16,18-19,21-22,31-32H,6-7,9,11,14,17,20,23-30H2,1-5H3/p+1/b10-8-,13-12-,16-15-,19-18-,22-21-. The van der Waals surface area contributed by atoms with Crippen LogP contribution in [0, 0.1) is 0 Å². The van der Waals surface area contributed by atoms with Crippen LogP contribution in [0.5, 0.6) is 0 Å². The third-order valence-corrected chi connectivity index (χ3v) is 6.43. The molecule has 0 aromatic heterocycles. The van der Waals surface area contributed by atoms with Crippen LogP contribution in [0.15, 0.2) is 60.8 Å². The Balaban J connectivity index is 4.40. The van der Waals surface area contributed by atoms with Gasteiger partial charge in [0.15, 0.2) is 12.1 Å². The summed E-state index contributed by atoms with van der Waals surface area (Å²) in [5.74, 6) is -1.60. The number of hydrogen-bond donors (Lipinski definition) is 1. The number of nitrogens with zero attached hydrogens (tertiary/aromatic N) is 1. The monoisotopic (exact) mass is 604 g/mol. The molecule has 0 rings (SSSR count). The van der Waals surface area contributed by atoms with Crippen molar-refractivity contribution in [1.29, 1.82) is 0 Å². The molecule has 0 bridgehead atoms. The van der Waals surface area contributed by atoms with E-state index in [0.29, 0.717) is 19.3 Å². The van der Waals surface area contributed by atoms with Crippen LogP contribution < -0.4 is 0 Å². The minimum absolute atomic E-state index is 0.0328. The highest BCUT2D eigenvalue weighted by Gasteiger charge is 2.31. The van der Waals surface area contributed by atoms with E-state index in [0.717, 1.165) is 51.4 Å². The van der Waals surface area contributed by atoms with Crippen LogP contribution in [-0.4, -0.2) is 80.6 Å².